The average Bonchev–Trinajstić information content (AvgIpc) is 2.95. The number of hydrogen-bond acceptors (Lipinski definition) is 8. The number of pyridine rings is 1. The number of benzene rings is 2. The lowest BCUT2D eigenvalue weighted by atomic mass is 10.1. The topological polar surface area (TPSA) is 101 Å². The Morgan fingerprint density at radius 1 is 1.03 bits per heavy atom. The number of hydrogen-bond donors (Lipinski definition) is 0. The largest absolute Gasteiger partial charge is 0.486 e. The number of nitro benzene ring substituents is 1. The molecule has 1 fully saturated rings. The van der Waals surface area contributed by atoms with E-state index >= 15 is 0 Å². The van der Waals surface area contributed by atoms with E-state index in [1.807, 2.05) is 18.2 Å². The molecule has 1 atom stereocenters. The van der Waals surface area contributed by atoms with Crippen LogP contribution < -0.4 is 19.3 Å². The van der Waals surface area contributed by atoms with Gasteiger partial charge in [0.1, 0.15) is 19.0 Å². The zero-order chi connectivity index (χ0) is 25.8. The number of carbonyl (C=O) groups is 1. The van der Waals surface area contributed by atoms with Crippen LogP contribution in [0.25, 0.3) is 0 Å². The Labute approximate surface area is 215 Å². The Morgan fingerprint density at radius 3 is 2.49 bits per heavy atom. The van der Waals surface area contributed by atoms with E-state index in [4.69, 9.17) is 9.47 Å². The van der Waals surface area contributed by atoms with Crippen molar-refractivity contribution in [3.05, 3.63) is 82.5 Å². The first-order valence-electron chi connectivity index (χ1n) is 12.4. The zero-order valence-corrected chi connectivity index (χ0v) is 20.7. The summed E-state index contributed by atoms with van der Waals surface area (Å²) in [5.74, 6) is 1.90. The second-order valence-corrected chi connectivity index (χ2v) is 9.08. The lowest BCUT2D eigenvalue weighted by Crippen LogP contribution is -2.53. The fraction of sp³-hybridized carbons (Fsp3) is 0.333. The highest BCUT2D eigenvalue weighted by molar-refractivity contribution is 6.05. The number of nitro groups is 1. The number of nitrogens with zero attached hydrogens (tertiary/aromatic N) is 5. The summed E-state index contributed by atoms with van der Waals surface area (Å²) in [4.78, 5) is 34.8. The van der Waals surface area contributed by atoms with Crippen molar-refractivity contribution in [3.8, 4) is 11.5 Å². The van der Waals surface area contributed by atoms with E-state index in [1.54, 1.807) is 23.2 Å². The van der Waals surface area contributed by atoms with Gasteiger partial charge in [-0.3, -0.25) is 24.7 Å². The lowest BCUT2D eigenvalue weighted by Gasteiger charge is -2.41. The Kier molecular flexibility index (Phi) is 7.18. The fourth-order valence-electron chi connectivity index (χ4n) is 4.77. The van der Waals surface area contributed by atoms with Gasteiger partial charge in [0.05, 0.1) is 10.6 Å². The van der Waals surface area contributed by atoms with Gasteiger partial charge in [-0.15, -0.1) is 0 Å². The molecule has 2 aromatic carbocycles. The van der Waals surface area contributed by atoms with Gasteiger partial charge in [-0.25, -0.2) is 4.98 Å². The Morgan fingerprint density at radius 2 is 1.78 bits per heavy atom. The molecule has 0 bridgehead atoms. The summed E-state index contributed by atoms with van der Waals surface area (Å²) >= 11 is 0. The van der Waals surface area contributed by atoms with Gasteiger partial charge < -0.3 is 14.4 Å². The van der Waals surface area contributed by atoms with Gasteiger partial charge in [0.25, 0.3) is 11.6 Å². The highest BCUT2D eigenvalue weighted by Crippen LogP contribution is 2.39. The molecule has 37 heavy (non-hydrogen) atoms. The number of rotatable bonds is 7. The Bertz CT molecular complexity index is 1250. The molecule has 10 nitrogen and oxygen atoms in total. The molecule has 0 saturated carbocycles. The van der Waals surface area contributed by atoms with Gasteiger partial charge in [-0.1, -0.05) is 12.1 Å². The van der Waals surface area contributed by atoms with Crippen LogP contribution in [0.2, 0.25) is 0 Å². The van der Waals surface area contributed by atoms with Crippen LogP contribution in [0.4, 0.5) is 17.2 Å². The summed E-state index contributed by atoms with van der Waals surface area (Å²) in [6, 6.07) is 17.2. The minimum atomic E-state index is -0.475. The van der Waals surface area contributed by atoms with Gasteiger partial charge in [0.15, 0.2) is 11.5 Å². The monoisotopic (exact) mass is 503 g/mol. The quantitative estimate of drug-likeness (QED) is 0.356. The number of piperazine rings is 1. The maximum Gasteiger partial charge on any atom is 0.269 e. The zero-order valence-electron chi connectivity index (χ0n) is 20.7. The van der Waals surface area contributed by atoms with Crippen LogP contribution in [0, 0.1) is 10.1 Å². The van der Waals surface area contributed by atoms with Crippen LogP contribution in [0.15, 0.2) is 66.9 Å². The minimum absolute atomic E-state index is 0.0520. The number of para-hydroxylation sites is 1. The van der Waals surface area contributed by atoms with E-state index in [0.29, 0.717) is 31.1 Å². The van der Waals surface area contributed by atoms with Crippen LogP contribution in [0.3, 0.4) is 0 Å². The fourth-order valence-corrected chi connectivity index (χ4v) is 4.77. The maximum absolute atomic E-state index is 13.5. The van der Waals surface area contributed by atoms with Crippen molar-refractivity contribution in [3.63, 3.8) is 0 Å². The molecule has 2 aliphatic heterocycles. The van der Waals surface area contributed by atoms with Crippen LogP contribution >= 0.6 is 0 Å². The van der Waals surface area contributed by atoms with Crippen molar-refractivity contribution >= 4 is 23.1 Å². The summed E-state index contributed by atoms with van der Waals surface area (Å²) < 4.78 is 11.6. The second-order valence-electron chi connectivity index (χ2n) is 9.08. The number of amides is 1. The van der Waals surface area contributed by atoms with E-state index in [9.17, 15) is 14.9 Å². The number of ether oxygens (including phenoxy) is 2. The molecule has 2 aliphatic rings. The maximum atomic E-state index is 13.5. The molecule has 3 aromatic rings. The number of non-ortho nitro benzene ring substituents is 1. The SMILES string of the molecule is C[C@H](CN(C(=O)c1ccc([N+](=O)[O-])cc1)c1ccccn1)N1CCN(c2cccc3c2OCCO3)CC1. The molecular weight excluding hydrogens is 474 g/mol. The third-order valence-electron chi connectivity index (χ3n) is 6.77. The van der Waals surface area contributed by atoms with Crippen LogP contribution in [0.5, 0.6) is 11.5 Å². The summed E-state index contributed by atoms with van der Waals surface area (Å²) in [5.41, 5.74) is 1.38. The number of fused-ring (bicyclic) bond motifs is 1. The van der Waals surface area contributed by atoms with Crippen molar-refractivity contribution in [2.24, 2.45) is 0 Å². The molecule has 1 amide bonds. The first-order valence-corrected chi connectivity index (χ1v) is 12.4. The normalized spacial score (nSPS) is 16.2. The van der Waals surface area contributed by atoms with Crippen molar-refractivity contribution in [1.29, 1.82) is 0 Å². The summed E-state index contributed by atoms with van der Waals surface area (Å²) in [6.07, 6.45) is 1.65. The average molecular weight is 504 g/mol. The molecular formula is C27H29N5O5. The van der Waals surface area contributed by atoms with Crippen LogP contribution in [-0.2, 0) is 0 Å². The highest BCUT2D eigenvalue weighted by atomic mass is 16.6. The van der Waals surface area contributed by atoms with E-state index < -0.39 is 4.92 Å². The second kappa shape index (κ2) is 10.8. The van der Waals surface area contributed by atoms with Crippen LogP contribution in [-0.4, -0.2) is 72.7 Å². The molecule has 1 saturated heterocycles. The van der Waals surface area contributed by atoms with E-state index in [-0.39, 0.29) is 17.6 Å². The Hall–Kier alpha value is -4.18. The van der Waals surface area contributed by atoms with Crippen molar-refractivity contribution in [2.45, 2.75) is 13.0 Å². The van der Waals surface area contributed by atoms with E-state index in [2.05, 4.69) is 27.8 Å². The van der Waals surface area contributed by atoms with Crippen molar-refractivity contribution in [2.75, 3.05) is 55.7 Å². The third kappa shape index (κ3) is 5.34. The van der Waals surface area contributed by atoms with E-state index in [1.165, 1.54) is 24.3 Å². The summed E-state index contributed by atoms with van der Waals surface area (Å²) in [7, 11) is 0. The molecule has 0 aliphatic carbocycles. The molecule has 5 rings (SSSR count). The molecule has 0 unspecified atom stereocenters. The highest BCUT2D eigenvalue weighted by Gasteiger charge is 2.28. The van der Waals surface area contributed by atoms with Gasteiger partial charge in [0.2, 0.25) is 0 Å². The minimum Gasteiger partial charge on any atom is -0.486 e. The van der Waals surface area contributed by atoms with E-state index in [0.717, 1.165) is 43.4 Å². The summed E-state index contributed by atoms with van der Waals surface area (Å²) in [6.45, 7) is 6.95. The molecule has 3 heterocycles. The molecule has 192 valence electrons. The standard InChI is InChI=1S/C27H29N5O5/c1-20(29-13-15-30(16-14-29)23-5-4-6-24-26(23)37-18-17-36-24)19-31(25-7-2-3-12-28-25)27(33)21-8-10-22(11-9-21)32(34)35/h2-12,20H,13-19H2,1H3/t20-/m1/s1. The molecule has 0 spiro atoms. The van der Waals surface area contributed by atoms with Gasteiger partial charge >= 0.3 is 0 Å². The van der Waals surface area contributed by atoms with Crippen LogP contribution in [0.1, 0.15) is 17.3 Å². The number of carbonyl (C=O) groups excluding carboxylic acids is 1. The number of aromatic nitrogens is 1. The van der Waals surface area contributed by atoms with Gasteiger partial charge in [-0.05, 0) is 43.3 Å². The molecule has 0 N–H and O–H groups in total. The third-order valence-corrected chi connectivity index (χ3v) is 6.77. The summed E-state index contributed by atoms with van der Waals surface area (Å²) in [5, 5.41) is 11.0. The predicted octanol–water partition coefficient (Wildman–Crippen LogP) is 3.62. The van der Waals surface area contributed by atoms with Gasteiger partial charge in [-0.2, -0.15) is 0 Å². The van der Waals surface area contributed by atoms with Crippen molar-refractivity contribution < 1.29 is 19.2 Å². The molecule has 0 radical (unpaired) electrons. The van der Waals surface area contributed by atoms with Gasteiger partial charge in [0, 0.05) is 62.7 Å². The van der Waals surface area contributed by atoms with Crippen molar-refractivity contribution in [1.82, 2.24) is 9.88 Å². The first-order chi connectivity index (χ1) is 18.0. The predicted molar refractivity (Wildman–Crippen MR) is 140 cm³/mol. The molecule has 1 aromatic heterocycles. The number of anilines is 2. The Balaban J connectivity index is 1.28. The molecule has 10 heteroatoms. The first kappa shape index (κ1) is 24.5. The smallest absolute Gasteiger partial charge is 0.269 e. The lowest BCUT2D eigenvalue weighted by molar-refractivity contribution is -0.384.